The van der Waals surface area contributed by atoms with E-state index in [0.717, 1.165) is 77.0 Å². The van der Waals surface area contributed by atoms with Crippen LogP contribution in [0.25, 0.3) is 0 Å². The number of rotatable bonds is 53. The van der Waals surface area contributed by atoms with E-state index in [4.69, 9.17) is 4.74 Å². The Morgan fingerprint density at radius 2 is 0.734 bits per heavy atom. The molecule has 3 N–H and O–H groups in total. The third-order valence-corrected chi connectivity index (χ3v) is 13.2. The van der Waals surface area contributed by atoms with Gasteiger partial charge in [0.1, 0.15) is 0 Å². The van der Waals surface area contributed by atoms with E-state index in [9.17, 15) is 19.8 Å². The van der Waals surface area contributed by atoms with Gasteiger partial charge in [-0.25, -0.2) is 0 Å². The summed E-state index contributed by atoms with van der Waals surface area (Å²) in [7, 11) is 0. The van der Waals surface area contributed by atoms with Crippen LogP contribution in [0.15, 0.2) is 24.3 Å². The Bertz CT molecular complexity index is 997. The highest BCUT2D eigenvalue weighted by molar-refractivity contribution is 5.76. The molecular weight excluding hydrogens is 791 g/mol. The van der Waals surface area contributed by atoms with Gasteiger partial charge in [0.15, 0.2) is 0 Å². The van der Waals surface area contributed by atoms with Gasteiger partial charge in [0.2, 0.25) is 5.91 Å². The zero-order valence-corrected chi connectivity index (χ0v) is 43.0. The van der Waals surface area contributed by atoms with Gasteiger partial charge < -0.3 is 20.3 Å². The van der Waals surface area contributed by atoms with Crippen molar-refractivity contribution in [1.29, 1.82) is 0 Å². The highest BCUT2D eigenvalue weighted by atomic mass is 16.5. The molecule has 6 nitrogen and oxygen atoms in total. The molecule has 0 radical (unpaired) electrons. The number of carbonyl (C=O) groups is 2. The van der Waals surface area contributed by atoms with Crippen molar-refractivity contribution in [2.45, 2.75) is 321 Å². The van der Waals surface area contributed by atoms with Gasteiger partial charge in [0.05, 0.1) is 25.4 Å². The average molecular weight is 903 g/mol. The van der Waals surface area contributed by atoms with E-state index < -0.39 is 12.1 Å². The zero-order valence-electron chi connectivity index (χ0n) is 43.0. The van der Waals surface area contributed by atoms with E-state index in [1.807, 2.05) is 0 Å². The Labute approximate surface area is 399 Å². The summed E-state index contributed by atoms with van der Waals surface area (Å²) in [6, 6.07) is -0.561. The second-order valence-corrected chi connectivity index (χ2v) is 19.6. The maximum absolute atomic E-state index is 12.5. The molecule has 64 heavy (non-hydrogen) atoms. The molecule has 0 saturated carbocycles. The lowest BCUT2D eigenvalue weighted by atomic mass is 10.0. The van der Waals surface area contributed by atoms with Gasteiger partial charge in [-0.15, -0.1) is 0 Å². The Hall–Kier alpha value is -1.66. The molecule has 0 aromatic rings. The van der Waals surface area contributed by atoms with Crippen LogP contribution < -0.4 is 5.32 Å². The molecule has 0 aliphatic carbocycles. The molecule has 0 aliphatic heterocycles. The minimum atomic E-state index is -0.681. The predicted octanol–water partition coefficient (Wildman–Crippen LogP) is 17.5. The Morgan fingerprint density at radius 3 is 1.11 bits per heavy atom. The van der Waals surface area contributed by atoms with Crippen LogP contribution >= 0.6 is 0 Å². The molecule has 0 rings (SSSR count). The average Bonchev–Trinajstić information content (AvgIpc) is 3.29. The monoisotopic (exact) mass is 902 g/mol. The molecule has 2 unspecified atom stereocenters. The molecule has 0 fully saturated rings. The highest BCUT2D eigenvalue weighted by Crippen LogP contribution is 2.17. The molecule has 0 spiro atoms. The van der Waals surface area contributed by atoms with Crippen LogP contribution in [0, 0.1) is 0 Å². The topological polar surface area (TPSA) is 95.9 Å². The number of nitrogens with one attached hydrogen (secondary N) is 1. The van der Waals surface area contributed by atoms with E-state index in [1.165, 1.54) is 199 Å². The first-order valence-electron chi connectivity index (χ1n) is 28.6. The molecule has 0 aliphatic rings. The van der Waals surface area contributed by atoms with Crippen molar-refractivity contribution in [3.63, 3.8) is 0 Å². The van der Waals surface area contributed by atoms with Crippen LogP contribution in [0.3, 0.4) is 0 Å². The number of allylic oxidation sites excluding steroid dienone is 4. The number of ether oxygens (including phenoxy) is 1. The van der Waals surface area contributed by atoms with Gasteiger partial charge >= 0.3 is 5.97 Å². The smallest absolute Gasteiger partial charge is 0.305 e. The summed E-state index contributed by atoms with van der Waals surface area (Å²) in [6.45, 7) is 4.90. The molecule has 0 saturated heterocycles. The van der Waals surface area contributed by atoms with Gasteiger partial charge in [0.25, 0.3) is 0 Å². The number of hydrogen-bond donors (Lipinski definition) is 3. The second kappa shape index (κ2) is 54.0. The SMILES string of the molecule is CCCCCCCCC/C=C\CCCCCCCC(=O)OCCCCC/C=C\CCCCCCCC(=O)NC(CO)C(O)CCCCCCCCCCCCCCCCCCCCC. The van der Waals surface area contributed by atoms with Crippen LogP contribution in [0.2, 0.25) is 0 Å². The molecule has 0 aromatic heterocycles. The van der Waals surface area contributed by atoms with Crippen molar-refractivity contribution in [2.75, 3.05) is 13.2 Å². The zero-order chi connectivity index (χ0) is 46.5. The van der Waals surface area contributed by atoms with E-state index in [1.54, 1.807) is 0 Å². The number of esters is 1. The first-order chi connectivity index (χ1) is 31.5. The van der Waals surface area contributed by atoms with Crippen LogP contribution in [-0.2, 0) is 14.3 Å². The summed E-state index contributed by atoms with van der Waals surface area (Å²) in [5.74, 6) is -0.0886. The standard InChI is InChI=1S/C58H111NO5/c1-3-5-7-9-11-13-15-17-19-21-22-23-24-26-30-34-38-42-46-50-56(61)55(54-60)59-57(62)51-47-43-39-35-31-28-29-33-37-41-45-49-53-64-58(63)52-48-44-40-36-32-27-25-20-18-16-14-12-10-8-6-4-2/h20,25,29,33,55-56,60-61H,3-19,21-24,26-28,30-32,34-54H2,1-2H3,(H,59,62)/b25-20-,33-29-. The fraction of sp³-hybridized carbons (Fsp3) is 0.897. The van der Waals surface area contributed by atoms with Gasteiger partial charge in [-0.2, -0.15) is 0 Å². The number of carbonyl (C=O) groups excluding carboxylic acids is 2. The largest absolute Gasteiger partial charge is 0.466 e. The fourth-order valence-corrected chi connectivity index (χ4v) is 8.81. The number of unbranched alkanes of at least 4 members (excludes halogenated alkanes) is 38. The first-order valence-corrected chi connectivity index (χ1v) is 28.6. The molecule has 378 valence electrons. The lowest BCUT2D eigenvalue weighted by molar-refractivity contribution is -0.143. The quantitative estimate of drug-likeness (QED) is 0.0321. The normalized spacial score (nSPS) is 12.8. The van der Waals surface area contributed by atoms with Crippen LogP contribution in [0.5, 0.6) is 0 Å². The summed E-state index contributed by atoms with van der Waals surface area (Å²) in [6.07, 6.45) is 64.5. The number of amides is 1. The van der Waals surface area contributed by atoms with Crippen molar-refractivity contribution in [1.82, 2.24) is 5.32 Å². The second-order valence-electron chi connectivity index (χ2n) is 19.6. The Balaban J connectivity index is 3.50. The molecule has 1 amide bonds. The third-order valence-electron chi connectivity index (χ3n) is 13.2. The van der Waals surface area contributed by atoms with Gasteiger partial charge in [-0.1, -0.05) is 237 Å². The number of hydrogen-bond acceptors (Lipinski definition) is 5. The molecule has 0 aromatic carbocycles. The van der Waals surface area contributed by atoms with Crippen molar-refractivity contribution in [3.05, 3.63) is 24.3 Å². The molecule has 0 heterocycles. The van der Waals surface area contributed by atoms with E-state index >= 15 is 0 Å². The maximum Gasteiger partial charge on any atom is 0.305 e. The highest BCUT2D eigenvalue weighted by Gasteiger charge is 2.20. The molecular formula is C58H111NO5. The van der Waals surface area contributed by atoms with Crippen molar-refractivity contribution < 1.29 is 24.5 Å². The summed E-state index contributed by atoms with van der Waals surface area (Å²) in [5.41, 5.74) is 0. The summed E-state index contributed by atoms with van der Waals surface area (Å²) in [4.78, 5) is 24.5. The van der Waals surface area contributed by atoms with Gasteiger partial charge in [-0.3, -0.25) is 9.59 Å². The molecule has 0 bridgehead atoms. The minimum absolute atomic E-state index is 0.0296. The molecule has 6 heteroatoms. The fourth-order valence-electron chi connectivity index (χ4n) is 8.81. The lowest BCUT2D eigenvalue weighted by Crippen LogP contribution is -2.45. The summed E-state index contributed by atoms with van der Waals surface area (Å²) < 4.78 is 5.45. The molecule has 2 atom stereocenters. The lowest BCUT2D eigenvalue weighted by Gasteiger charge is -2.22. The van der Waals surface area contributed by atoms with Gasteiger partial charge in [-0.05, 0) is 83.5 Å². The van der Waals surface area contributed by atoms with E-state index in [0.29, 0.717) is 25.9 Å². The summed E-state index contributed by atoms with van der Waals surface area (Å²) in [5, 5.41) is 23.3. The van der Waals surface area contributed by atoms with Crippen LogP contribution in [0.1, 0.15) is 309 Å². The first kappa shape index (κ1) is 62.3. The summed E-state index contributed by atoms with van der Waals surface area (Å²) >= 11 is 0. The van der Waals surface area contributed by atoms with Crippen LogP contribution in [0.4, 0.5) is 0 Å². The third kappa shape index (κ3) is 49.8. The Kier molecular flexibility index (Phi) is 52.6. The minimum Gasteiger partial charge on any atom is -0.466 e. The van der Waals surface area contributed by atoms with Crippen molar-refractivity contribution in [3.8, 4) is 0 Å². The maximum atomic E-state index is 12.5. The van der Waals surface area contributed by atoms with E-state index in [2.05, 4.69) is 43.5 Å². The number of aliphatic hydroxyl groups is 2. The predicted molar refractivity (Wildman–Crippen MR) is 278 cm³/mol. The van der Waals surface area contributed by atoms with E-state index in [-0.39, 0.29) is 18.5 Å². The van der Waals surface area contributed by atoms with Crippen molar-refractivity contribution >= 4 is 11.9 Å². The van der Waals surface area contributed by atoms with Crippen molar-refractivity contribution in [2.24, 2.45) is 0 Å². The Morgan fingerprint density at radius 1 is 0.422 bits per heavy atom. The number of aliphatic hydroxyl groups excluding tert-OH is 2. The van der Waals surface area contributed by atoms with Crippen LogP contribution in [-0.4, -0.2) is 47.4 Å². The van der Waals surface area contributed by atoms with Gasteiger partial charge in [0, 0.05) is 12.8 Å².